The van der Waals surface area contributed by atoms with Crippen molar-refractivity contribution in [1.29, 1.82) is 0 Å². The van der Waals surface area contributed by atoms with Crippen LogP contribution in [-0.2, 0) is 6.42 Å². The average Bonchev–Trinajstić information content (AvgIpc) is 2.60. The van der Waals surface area contributed by atoms with E-state index in [0.717, 1.165) is 47.5 Å². The van der Waals surface area contributed by atoms with E-state index in [-0.39, 0.29) is 5.92 Å². The van der Waals surface area contributed by atoms with Crippen LogP contribution in [0.3, 0.4) is 0 Å². The minimum atomic E-state index is -0.882. The molecule has 1 saturated carbocycles. The van der Waals surface area contributed by atoms with Crippen LogP contribution in [0.25, 0.3) is 6.08 Å². The summed E-state index contributed by atoms with van der Waals surface area (Å²) >= 11 is 12.2. The van der Waals surface area contributed by atoms with E-state index < -0.39 is 5.60 Å². The summed E-state index contributed by atoms with van der Waals surface area (Å²) in [7, 11) is 4.13. The fourth-order valence-corrected chi connectivity index (χ4v) is 4.45. The molecule has 0 bridgehead atoms. The third-order valence-corrected chi connectivity index (χ3v) is 5.88. The zero-order chi connectivity index (χ0) is 19.4. The van der Waals surface area contributed by atoms with Crippen LogP contribution in [0.2, 0.25) is 10.0 Å². The highest BCUT2D eigenvalue weighted by Gasteiger charge is 2.42. The molecule has 1 aliphatic rings. The van der Waals surface area contributed by atoms with Crippen molar-refractivity contribution in [2.45, 2.75) is 31.3 Å². The Kier molecular flexibility index (Phi) is 6.65. The number of hydrogen-bond acceptors (Lipinski definition) is 2. The molecule has 0 radical (unpaired) electrons. The molecule has 0 aromatic heterocycles. The molecule has 0 aliphatic heterocycles. The molecule has 1 aliphatic carbocycles. The standard InChI is InChI=1S/C23H27Cl2NO/c1-26(2)16-20-7-4-6-19(13-17-9-11-21(24)12-10-17)23(20,27)15-18-5-3-8-22(25)14-18/h3,5,8-14,20,27H,4,6-7,15-16H2,1-2H3. The van der Waals surface area contributed by atoms with Gasteiger partial charge in [-0.15, -0.1) is 0 Å². The zero-order valence-electron chi connectivity index (χ0n) is 16.0. The van der Waals surface area contributed by atoms with Gasteiger partial charge >= 0.3 is 0 Å². The molecule has 3 rings (SSSR count). The van der Waals surface area contributed by atoms with E-state index in [1.807, 2.05) is 48.5 Å². The normalized spacial score (nSPS) is 24.5. The Morgan fingerprint density at radius 1 is 1.11 bits per heavy atom. The van der Waals surface area contributed by atoms with Crippen molar-refractivity contribution >= 4 is 29.3 Å². The van der Waals surface area contributed by atoms with Gasteiger partial charge in [0.2, 0.25) is 0 Å². The predicted molar refractivity (Wildman–Crippen MR) is 115 cm³/mol. The summed E-state index contributed by atoms with van der Waals surface area (Å²) in [5.74, 6) is 0.179. The van der Waals surface area contributed by atoms with Gasteiger partial charge in [0.15, 0.2) is 0 Å². The highest BCUT2D eigenvalue weighted by molar-refractivity contribution is 6.30. The molecule has 2 unspecified atom stereocenters. The topological polar surface area (TPSA) is 23.5 Å². The van der Waals surface area contributed by atoms with Crippen LogP contribution >= 0.6 is 23.2 Å². The molecule has 2 atom stereocenters. The van der Waals surface area contributed by atoms with E-state index in [4.69, 9.17) is 23.2 Å². The van der Waals surface area contributed by atoms with Crippen LogP contribution in [0.4, 0.5) is 0 Å². The average molecular weight is 404 g/mol. The molecule has 4 heteroatoms. The lowest BCUT2D eigenvalue weighted by atomic mass is 9.68. The number of aliphatic hydroxyl groups is 1. The molecule has 27 heavy (non-hydrogen) atoms. The first-order valence-electron chi connectivity index (χ1n) is 9.45. The molecule has 2 nitrogen and oxygen atoms in total. The van der Waals surface area contributed by atoms with Crippen molar-refractivity contribution in [3.63, 3.8) is 0 Å². The van der Waals surface area contributed by atoms with E-state index in [9.17, 15) is 5.11 Å². The van der Waals surface area contributed by atoms with Gasteiger partial charge in [0, 0.05) is 28.9 Å². The maximum atomic E-state index is 11.9. The molecule has 1 N–H and O–H groups in total. The van der Waals surface area contributed by atoms with Gasteiger partial charge in [-0.2, -0.15) is 0 Å². The van der Waals surface area contributed by atoms with Gasteiger partial charge in [0.05, 0.1) is 5.60 Å². The molecule has 2 aromatic carbocycles. The van der Waals surface area contributed by atoms with Crippen molar-refractivity contribution in [2.75, 3.05) is 20.6 Å². The van der Waals surface area contributed by atoms with Crippen molar-refractivity contribution in [3.8, 4) is 0 Å². The largest absolute Gasteiger partial charge is 0.385 e. The van der Waals surface area contributed by atoms with Crippen LogP contribution in [0.15, 0.2) is 54.1 Å². The summed E-state index contributed by atoms with van der Waals surface area (Å²) in [5, 5.41) is 13.4. The number of benzene rings is 2. The Hall–Kier alpha value is -1.32. The Morgan fingerprint density at radius 2 is 1.85 bits per heavy atom. The molecule has 0 heterocycles. The van der Waals surface area contributed by atoms with Crippen LogP contribution in [0.5, 0.6) is 0 Å². The minimum absolute atomic E-state index is 0.179. The van der Waals surface area contributed by atoms with E-state index in [1.54, 1.807) is 0 Å². The summed E-state index contributed by atoms with van der Waals surface area (Å²) in [6.45, 7) is 0.856. The first kappa shape index (κ1) is 20.4. The molecular weight excluding hydrogens is 377 g/mol. The summed E-state index contributed by atoms with van der Waals surface area (Å²) in [4.78, 5) is 2.17. The third-order valence-electron chi connectivity index (χ3n) is 5.39. The van der Waals surface area contributed by atoms with Crippen LogP contribution in [0.1, 0.15) is 30.4 Å². The Bertz CT molecular complexity index is 800. The van der Waals surface area contributed by atoms with Crippen molar-refractivity contribution in [1.82, 2.24) is 4.90 Å². The van der Waals surface area contributed by atoms with Gasteiger partial charge in [0.1, 0.15) is 0 Å². The fraction of sp³-hybridized carbons (Fsp3) is 0.391. The molecule has 0 amide bonds. The Labute approximate surface area is 172 Å². The third kappa shape index (κ3) is 5.14. The summed E-state index contributed by atoms with van der Waals surface area (Å²) < 4.78 is 0. The summed E-state index contributed by atoms with van der Waals surface area (Å²) in [6.07, 6.45) is 5.74. The van der Waals surface area contributed by atoms with Gasteiger partial charge in [-0.3, -0.25) is 0 Å². The van der Waals surface area contributed by atoms with Crippen LogP contribution in [0, 0.1) is 5.92 Å². The van der Waals surface area contributed by atoms with E-state index in [2.05, 4.69) is 25.1 Å². The fourth-order valence-electron chi connectivity index (χ4n) is 4.11. The first-order chi connectivity index (χ1) is 12.9. The molecule has 0 saturated heterocycles. The highest BCUT2D eigenvalue weighted by atomic mass is 35.5. The molecule has 2 aromatic rings. The quantitative estimate of drug-likeness (QED) is 0.690. The van der Waals surface area contributed by atoms with Gasteiger partial charge in [0.25, 0.3) is 0 Å². The predicted octanol–water partition coefficient (Wildman–Crippen LogP) is 5.71. The molecular formula is C23H27Cl2NO. The highest BCUT2D eigenvalue weighted by Crippen LogP contribution is 2.42. The van der Waals surface area contributed by atoms with Crippen LogP contribution < -0.4 is 0 Å². The number of halogens is 2. The maximum Gasteiger partial charge on any atom is 0.0940 e. The second kappa shape index (κ2) is 8.79. The minimum Gasteiger partial charge on any atom is -0.385 e. The lowest BCUT2D eigenvalue weighted by Crippen LogP contribution is -2.48. The number of nitrogens with zero attached hydrogens (tertiary/aromatic N) is 1. The summed E-state index contributed by atoms with van der Waals surface area (Å²) in [5.41, 5.74) is 2.36. The molecule has 0 spiro atoms. The summed E-state index contributed by atoms with van der Waals surface area (Å²) in [6, 6.07) is 15.6. The monoisotopic (exact) mass is 403 g/mol. The first-order valence-corrected chi connectivity index (χ1v) is 10.2. The second-order valence-corrected chi connectivity index (χ2v) is 8.68. The van der Waals surface area contributed by atoms with E-state index >= 15 is 0 Å². The van der Waals surface area contributed by atoms with E-state index in [0.29, 0.717) is 11.4 Å². The van der Waals surface area contributed by atoms with E-state index in [1.165, 1.54) is 0 Å². The molecule has 1 fully saturated rings. The second-order valence-electron chi connectivity index (χ2n) is 7.80. The van der Waals surface area contributed by atoms with Gasteiger partial charge in [-0.05, 0) is 74.3 Å². The lowest BCUT2D eigenvalue weighted by molar-refractivity contribution is -0.0123. The van der Waals surface area contributed by atoms with Gasteiger partial charge in [-0.1, -0.05) is 53.5 Å². The van der Waals surface area contributed by atoms with Crippen molar-refractivity contribution in [2.24, 2.45) is 5.92 Å². The van der Waals surface area contributed by atoms with Crippen LogP contribution in [-0.4, -0.2) is 36.2 Å². The Balaban J connectivity index is 1.99. The Morgan fingerprint density at radius 3 is 2.52 bits per heavy atom. The number of hydrogen-bond donors (Lipinski definition) is 1. The van der Waals surface area contributed by atoms with Gasteiger partial charge in [-0.25, -0.2) is 0 Å². The maximum absolute atomic E-state index is 11.9. The van der Waals surface area contributed by atoms with Crippen molar-refractivity contribution in [3.05, 3.63) is 75.3 Å². The zero-order valence-corrected chi connectivity index (χ0v) is 17.5. The smallest absolute Gasteiger partial charge is 0.0940 e. The lowest BCUT2D eigenvalue weighted by Gasteiger charge is -2.43. The number of rotatable bonds is 5. The molecule has 144 valence electrons. The van der Waals surface area contributed by atoms with Crippen molar-refractivity contribution < 1.29 is 5.11 Å². The van der Waals surface area contributed by atoms with Gasteiger partial charge < -0.3 is 10.0 Å². The SMILES string of the molecule is CN(C)CC1CCCC(=Cc2ccc(Cl)cc2)C1(O)Cc1cccc(Cl)c1.